The molecule has 19 heavy (non-hydrogen) atoms. The summed E-state index contributed by atoms with van der Waals surface area (Å²) in [7, 11) is 1.78. The molecule has 0 saturated carbocycles. The van der Waals surface area contributed by atoms with Gasteiger partial charge in [0.2, 0.25) is 0 Å². The van der Waals surface area contributed by atoms with Gasteiger partial charge >= 0.3 is 0 Å². The van der Waals surface area contributed by atoms with Crippen LogP contribution >= 0.6 is 0 Å². The number of rotatable bonds is 2. The molecule has 2 aromatic rings. The molecule has 0 radical (unpaired) electrons. The van der Waals surface area contributed by atoms with Gasteiger partial charge in [-0.1, -0.05) is 29.8 Å². The van der Waals surface area contributed by atoms with Gasteiger partial charge < -0.3 is 10.3 Å². The third-order valence-electron chi connectivity index (χ3n) is 3.35. The lowest BCUT2D eigenvalue weighted by molar-refractivity contribution is 0.541. The van der Waals surface area contributed by atoms with Crippen molar-refractivity contribution in [2.24, 2.45) is 12.8 Å². The van der Waals surface area contributed by atoms with Crippen molar-refractivity contribution < 1.29 is 0 Å². The van der Waals surface area contributed by atoms with E-state index in [9.17, 15) is 4.79 Å². The second-order valence-electron chi connectivity index (χ2n) is 5.58. The van der Waals surface area contributed by atoms with Crippen LogP contribution < -0.4 is 11.3 Å². The number of hydrogen-bond acceptors (Lipinski definition) is 2. The summed E-state index contributed by atoms with van der Waals surface area (Å²) >= 11 is 0. The van der Waals surface area contributed by atoms with Crippen LogP contribution in [0.4, 0.5) is 0 Å². The molecular formula is C16H20N2O. The van der Waals surface area contributed by atoms with Crippen LogP contribution in [0.5, 0.6) is 0 Å². The largest absolute Gasteiger partial charge is 0.322 e. The SMILES string of the molecule is Cc1ccc(-c2ccc(C(C)(C)N)c(=O)n2C)cc1. The van der Waals surface area contributed by atoms with Crippen molar-refractivity contribution in [1.29, 1.82) is 0 Å². The number of aryl methyl sites for hydroxylation is 1. The van der Waals surface area contributed by atoms with Crippen LogP contribution in [0, 0.1) is 6.92 Å². The molecule has 2 N–H and O–H groups in total. The van der Waals surface area contributed by atoms with Crippen molar-refractivity contribution in [3.05, 3.63) is 57.9 Å². The van der Waals surface area contributed by atoms with Crippen LogP contribution in [0.2, 0.25) is 0 Å². The zero-order valence-corrected chi connectivity index (χ0v) is 11.9. The second-order valence-corrected chi connectivity index (χ2v) is 5.58. The monoisotopic (exact) mass is 256 g/mol. The highest BCUT2D eigenvalue weighted by Gasteiger charge is 2.19. The quantitative estimate of drug-likeness (QED) is 0.897. The first-order valence-electron chi connectivity index (χ1n) is 6.37. The fourth-order valence-electron chi connectivity index (χ4n) is 2.14. The third-order valence-corrected chi connectivity index (χ3v) is 3.35. The number of pyridine rings is 1. The normalized spacial score (nSPS) is 11.6. The van der Waals surface area contributed by atoms with Gasteiger partial charge in [-0.05, 0) is 38.5 Å². The van der Waals surface area contributed by atoms with Gasteiger partial charge in [0.25, 0.3) is 5.56 Å². The third kappa shape index (κ3) is 2.61. The molecule has 0 saturated heterocycles. The van der Waals surface area contributed by atoms with Crippen LogP contribution in [-0.4, -0.2) is 4.57 Å². The summed E-state index contributed by atoms with van der Waals surface area (Å²) in [4.78, 5) is 12.4. The van der Waals surface area contributed by atoms with E-state index >= 15 is 0 Å². The molecule has 0 bridgehead atoms. The topological polar surface area (TPSA) is 48.0 Å². The smallest absolute Gasteiger partial charge is 0.255 e. The molecule has 0 amide bonds. The lowest BCUT2D eigenvalue weighted by Gasteiger charge is -2.20. The number of aromatic nitrogens is 1. The molecule has 3 nitrogen and oxygen atoms in total. The molecule has 0 spiro atoms. The Kier molecular flexibility index (Phi) is 3.33. The van der Waals surface area contributed by atoms with Crippen molar-refractivity contribution >= 4 is 0 Å². The Balaban J connectivity index is 2.59. The molecule has 0 atom stereocenters. The molecule has 1 aromatic carbocycles. The fraction of sp³-hybridized carbons (Fsp3) is 0.312. The van der Waals surface area contributed by atoms with E-state index in [0.717, 1.165) is 11.3 Å². The Morgan fingerprint density at radius 2 is 1.63 bits per heavy atom. The van der Waals surface area contributed by atoms with Gasteiger partial charge in [-0.2, -0.15) is 0 Å². The highest BCUT2D eigenvalue weighted by atomic mass is 16.1. The van der Waals surface area contributed by atoms with Crippen molar-refractivity contribution in [3.63, 3.8) is 0 Å². The minimum atomic E-state index is -0.624. The zero-order chi connectivity index (χ0) is 14.2. The van der Waals surface area contributed by atoms with Crippen molar-refractivity contribution in [2.45, 2.75) is 26.3 Å². The molecule has 1 aromatic heterocycles. The average molecular weight is 256 g/mol. The van der Waals surface area contributed by atoms with E-state index in [1.165, 1.54) is 5.56 Å². The number of benzene rings is 1. The van der Waals surface area contributed by atoms with Gasteiger partial charge in [0.1, 0.15) is 0 Å². The van der Waals surface area contributed by atoms with Crippen LogP contribution in [0.25, 0.3) is 11.3 Å². The predicted molar refractivity (Wildman–Crippen MR) is 79.1 cm³/mol. The van der Waals surface area contributed by atoms with Crippen LogP contribution in [-0.2, 0) is 12.6 Å². The van der Waals surface area contributed by atoms with E-state index in [4.69, 9.17) is 5.73 Å². The van der Waals surface area contributed by atoms with E-state index < -0.39 is 5.54 Å². The van der Waals surface area contributed by atoms with E-state index in [0.29, 0.717) is 5.56 Å². The summed E-state index contributed by atoms with van der Waals surface area (Å²) in [5.74, 6) is 0. The Hall–Kier alpha value is -1.87. The van der Waals surface area contributed by atoms with Crippen LogP contribution in [0.1, 0.15) is 25.0 Å². The average Bonchev–Trinajstić information content (AvgIpc) is 2.32. The number of nitrogens with zero attached hydrogens (tertiary/aromatic N) is 1. The highest BCUT2D eigenvalue weighted by molar-refractivity contribution is 5.60. The molecule has 100 valence electrons. The van der Waals surface area contributed by atoms with E-state index in [-0.39, 0.29) is 5.56 Å². The van der Waals surface area contributed by atoms with Crippen LogP contribution in [0.15, 0.2) is 41.2 Å². The van der Waals surface area contributed by atoms with Crippen molar-refractivity contribution in [3.8, 4) is 11.3 Å². The lowest BCUT2D eigenvalue weighted by atomic mass is 9.96. The Labute approximate surface area is 113 Å². The summed E-state index contributed by atoms with van der Waals surface area (Å²) in [6.07, 6.45) is 0. The molecule has 2 rings (SSSR count). The summed E-state index contributed by atoms with van der Waals surface area (Å²) in [5.41, 5.74) is 9.13. The Morgan fingerprint density at radius 1 is 1.05 bits per heavy atom. The maximum Gasteiger partial charge on any atom is 0.255 e. The maximum absolute atomic E-state index is 12.4. The minimum absolute atomic E-state index is 0.0365. The van der Waals surface area contributed by atoms with Gasteiger partial charge in [-0.15, -0.1) is 0 Å². The van der Waals surface area contributed by atoms with E-state index in [1.807, 2.05) is 57.2 Å². The summed E-state index contributed by atoms with van der Waals surface area (Å²) in [6, 6.07) is 11.9. The molecule has 0 fully saturated rings. The van der Waals surface area contributed by atoms with Gasteiger partial charge in [0.05, 0.1) is 5.69 Å². The number of hydrogen-bond donors (Lipinski definition) is 1. The second kappa shape index (κ2) is 4.67. The van der Waals surface area contributed by atoms with Crippen LogP contribution in [0.3, 0.4) is 0 Å². The number of nitrogens with two attached hydrogens (primary N) is 1. The zero-order valence-electron chi connectivity index (χ0n) is 11.9. The minimum Gasteiger partial charge on any atom is -0.322 e. The van der Waals surface area contributed by atoms with E-state index in [2.05, 4.69) is 0 Å². The van der Waals surface area contributed by atoms with Crippen molar-refractivity contribution in [2.75, 3.05) is 0 Å². The molecule has 3 heteroatoms. The van der Waals surface area contributed by atoms with Gasteiger partial charge in [-0.25, -0.2) is 0 Å². The molecular weight excluding hydrogens is 236 g/mol. The summed E-state index contributed by atoms with van der Waals surface area (Å²) in [6.45, 7) is 5.73. The molecule has 0 aliphatic rings. The molecule has 0 aliphatic heterocycles. The first-order chi connectivity index (χ1) is 8.80. The van der Waals surface area contributed by atoms with Crippen molar-refractivity contribution in [1.82, 2.24) is 4.57 Å². The summed E-state index contributed by atoms with van der Waals surface area (Å²) in [5, 5.41) is 0. The Bertz CT molecular complexity index is 646. The highest BCUT2D eigenvalue weighted by Crippen LogP contribution is 2.20. The standard InChI is InChI=1S/C16H20N2O/c1-11-5-7-12(8-6-11)14-10-9-13(16(2,3)17)15(19)18(14)4/h5-10H,17H2,1-4H3. The lowest BCUT2D eigenvalue weighted by Crippen LogP contribution is -2.37. The first kappa shape index (κ1) is 13.6. The Morgan fingerprint density at radius 3 is 2.16 bits per heavy atom. The predicted octanol–water partition coefficient (Wildman–Crippen LogP) is 2.55. The molecule has 0 aliphatic carbocycles. The van der Waals surface area contributed by atoms with Gasteiger partial charge in [0, 0.05) is 18.2 Å². The van der Waals surface area contributed by atoms with E-state index in [1.54, 1.807) is 11.6 Å². The molecule has 1 heterocycles. The molecule has 0 unspecified atom stereocenters. The summed E-state index contributed by atoms with van der Waals surface area (Å²) < 4.78 is 1.66. The van der Waals surface area contributed by atoms with Gasteiger partial charge in [0.15, 0.2) is 0 Å². The first-order valence-corrected chi connectivity index (χ1v) is 6.37. The maximum atomic E-state index is 12.4. The fourth-order valence-corrected chi connectivity index (χ4v) is 2.14. The van der Waals surface area contributed by atoms with Gasteiger partial charge in [-0.3, -0.25) is 4.79 Å².